The summed E-state index contributed by atoms with van der Waals surface area (Å²) in [6, 6.07) is 8.62. The zero-order valence-corrected chi connectivity index (χ0v) is 11.9. The molecule has 1 aliphatic heterocycles. The molecule has 1 aromatic rings. The number of ketones is 1. The molecule has 1 aromatic carbocycles. The lowest BCUT2D eigenvalue weighted by Crippen LogP contribution is -2.34. The molecule has 0 spiro atoms. The third kappa shape index (κ3) is 3.53. The molecule has 6 nitrogen and oxygen atoms in total. The second-order valence-corrected chi connectivity index (χ2v) is 4.74. The number of carbonyl (C=O) groups is 3. The Hall–Kier alpha value is -2.50. The number of hydrogen-bond donors (Lipinski definition) is 0. The van der Waals surface area contributed by atoms with E-state index in [1.807, 2.05) is 0 Å². The van der Waals surface area contributed by atoms with Crippen molar-refractivity contribution in [2.24, 2.45) is 5.10 Å². The van der Waals surface area contributed by atoms with E-state index in [1.54, 1.807) is 30.3 Å². The van der Waals surface area contributed by atoms with Gasteiger partial charge < -0.3 is 4.74 Å². The highest BCUT2D eigenvalue weighted by Gasteiger charge is 2.26. The van der Waals surface area contributed by atoms with E-state index in [2.05, 4.69) is 5.10 Å². The summed E-state index contributed by atoms with van der Waals surface area (Å²) in [5, 5.41) is 4.98. The van der Waals surface area contributed by atoms with Crippen molar-refractivity contribution in [2.45, 2.75) is 25.9 Å². The highest BCUT2D eigenvalue weighted by atomic mass is 16.5. The van der Waals surface area contributed by atoms with Gasteiger partial charge in [-0.15, -0.1) is 0 Å². The Morgan fingerprint density at radius 1 is 1.24 bits per heavy atom. The summed E-state index contributed by atoms with van der Waals surface area (Å²) in [6.07, 6.45) is -0.454. The molecule has 0 bridgehead atoms. The molecule has 0 saturated heterocycles. The van der Waals surface area contributed by atoms with Gasteiger partial charge in [-0.25, -0.2) is 9.80 Å². The standard InChI is InChI=1S/C15H16N2O4/c1-10(14(19)11-6-4-3-5-7-11)21-15(20)12-8-9-13(18)17(2)16-12/h3-7,10H,8-9H2,1-2H3. The second-order valence-electron chi connectivity index (χ2n) is 4.74. The first kappa shape index (κ1) is 14.9. The molecule has 1 aliphatic rings. The predicted molar refractivity (Wildman–Crippen MR) is 75.8 cm³/mol. The Kier molecular flexibility index (Phi) is 4.47. The first-order valence-electron chi connectivity index (χ1n) is 6.63. The van der Waals surface area contributed by atoms with Gasteiger partial charge >= 0.3 is 5.97 Å². The largest absolute Gasteiger partial charge is 0.450 e. The van der Waals surface area contributed by atoms with Crippen LogP contribution in [-0.2, 0) is 14.3 Å². The van der Waals surface area contributed by atoms with Crippen molar-refractivity contribution in [3.05, 3.63) is 35.9 Å². The molecular weight excluding hydrogens is 272 g/mol. The van der Waals surface area contributed by atoms with Crippen LogP contribution in [0.25, 0.3) is 0 Å². The lowest BCUT2D eigenvalue weighted by molar-refractivity contribution is -0.138. The number of carbonyl (C=O) groups excluding carboxylic acids is 3. The Morgan fingerprint density at radius 2 is 1.90 bits per heavy atom. The van der Waals surface area contributed by atoms with Gasteiger partial charge in [0.15, 0.2) is 6.10 Å². The van der Waals surface area contributed by atoms with Gasteiger partial charge in [-0.05, 0) is 6.92 Å². The van der Waals surface area contributed by atoms with E-state index < -0.39 is 12.1 Å². The molecule has 1 heterocycles. The van der Waals surface area contributed by atoms with E-state index in [0.717, 1.165) is 5.01 Å². The van der Waals surface area contributed by atoms with Crippen molar-refractivity contribution in [3.63, 3.8) is 0 Å². The Labute approximate surface area is 122 Å². The van der Waals surface area contributed by atoms with Crippen LogP contribution in [0.2, 0.25) is 0 Å². The quantitative estimate of drug-likeness (QED) is 0.620. The molecule has 2 rings (SSSR count). The van der Waals surface area contributed by atoms with Gasteiger partial charge in [0.05, 0.1) is 0 Å². The van der Waals surface area contributed by atoms with Crippen molar-refractivity contribution in [1.82, 2.24) is 5.01 Å². The Morgan fingerprint density at radius 3 is 2.52 bits per heavy atom. The fourth-order valence-electron chi connectivity index (χ4n) is 1.94. The summed E-state index contributed by atoms with van der Waals surface area (Å²) in [6.45, 7) is 1.52. The number of hydrogen-bond acceptors (Lipinski definition) is 5. The minimum atomic E-state index is -0.898. The normalized spacial score (nSPS) is 16.2. The number of rotatable bonds is 4. The van der Waals surface area contributed by atoms with E-state index in [-0.39, 0.29) is 30.2 Å². The van der Waals surface area contributed by atoms with Gasteiger partial charge in [0, 0.05) is 25.5 Å². The van der Waals surface area contributed by atoms with E-state index in [9.17, 15) is 14.4 Å². The fraction of sp³-hybridized carbons (Fsp3) is 0.333. The lowest BCUT2D eigenvalue weighted by Gasteiger charge is -2.19. The molecule has 1 atom stereocenters. The summed E-state index contributed by atoms with van der Waals surface area (Å²) in [7, 11) is 1.48. The van der Waals surface area contributed by atoms with Crippen LogP contribution in [-0.4, -0.2) is 41.5 Å². The van der Waals surface area contributed by atoms with Crippen molar-refractivity contribution in [3.8, 4) is 0 Å². The summed E-state index contributed by atoms with van der Waals surface area (Å²) >= 11 is 0. The fourth-order valence-corrected chi connectivity index (χ4v) is 1.94. The number of amides is 1. The highest BCUT2D eigenvalue weighted by molar-refractivity contribution is 6.37. The smallest absolute Gasteiger partial charge is 0.355 e. The van der Waals surface area contributed by atoms with Crippen molar-refractivity contribution in [1.29, 1.82) is 0 Å². The van der Waals surface area contributed by atoms with E-state index in [1.165, 1.54) is 14.0 Å². The van der Waals surface area contributed by atoms with Crippen molar-refractivity contribution >= 4 is 23.4 Å². The zero-order chi connectivity index (χ0) is 15.4. The number of benzene rings is 1. The number of esters is 1. The van der Waals surface area contributed by atoms with Crippen LogP contribution in [0, 0.1) is 0 Å². The highest BCUT2D eigenvalue weighted by Crippen LogP contribution is 2.11. The molecule has 1 unspecified atom stereocenters. The molecule has 0 N–H and O–H groups in total. The summed E-state index contributed by atoms with van der Waals surface area (Å²) in [5.74, 6) is -1.09. The molecule has 21 heavy (non-hydrogen) atoms. The number of nitrogens with zero attached hydrogens (tertiary/aromatic N) is 2. The van der Waals surface area contributed by atoms with Crippen LogP contribution in [0.4, 0.5) is 0 Å². The first-order chi connectivity index (χ1) is 9.99. The zero-order valence-electron chi connectivity index (χ0n) is 11.9. The molecule has 0 saturated carbocycles. The average molecular weight is 288 g/mol. The van der Waals surface area contributed by atoms with Gasteiger partial charge in [-0.1, -0.05) is 30.3 Å². The molecule has 0 aromatic heterocycles. The molecule has 6 heteroatoms. The van der Waals surface area contributed by atoms with Crippen LogP contribution in [0.15, 0.2) is 35.4 Å². The number of hydrazone groups is 1. The summed E-state index contributed by atoms with van der Waals surface area (Å²) < 4.78 is 5.13. The van der Waals surface area contributed by atoms with Crippen LogP contribution in [0.5, 0.6) is 0 Å². The van der Waals surface area contributed by atoms with Gasteiger partial charge in [0.2, 0.25) is 11.7 Å². The molecule has 110 valence electrons. The van der Waals surface area contributed by atoms with Gasteiger partial charge in [-0.3, -0.25) is 9.59 Å². The van der Waals surface area contributed by atoms with Gasteiger partial charge in [-0.2, -0.15) is 5.10 Å². The monoisotopic (exact) mass is 288 g/mol. The molecule has 1 amide bonds. The maximum absolute atomic E-state index is 12.1. The molecule has 0 aliphatic carbocycles. The van der Waals surface area contributed by atoms with E-state index >= 15 is 0 Å². The first-order valence-corrected chi connectivity index (χ1v) is 6.63. The van der Waals surface area contributed by atoms with Gasteiger partial charge in [0.1, 0.15) is 5.71 Å². The molecule has 0 radical (unpaired) electrons. The van der Waals surface area contributed by atoms with Crippen LogP contribution >= 0.6 is 0 Å². The minimum Gasteiger partial charge on any atom is -0.450 e. The van der Waals surface area contributed by atoms with E-state index in [4.69, 9.17) is 4.74 Å². The summed E-state index contributed by atoms with van der Waals surface area (Å²) in [5.41, 5.74) is 0.639. The average Bonchev–Trinajstić information content (AvgIpc) is 2.50. The Bertz CT molecular complexity index is 595. The van der Waals surface area contributed by atoms with Crippen molar-refractivity contribution in [2.75, 3.05) is 7.05 Å². The minimum absolute atomic E-state index is 0.153. The SMILES string of the molecule is CC(OC(=O)C1=NN(C)C(=O)CC1)C(=O)c1ccccc1. The topological polar surface area (TPSA) is 76.0 Å². The lowest BCUT2D eigenvalue weighted by atomic mass is 10.1. The van der Waals surface area contributed by atoms with Crippen LogP contribution in [0.3, 0.4) is 0 Å². The predicted octanol–water partition coefficient (Wildman–Crippen LogP) is 1.41. The molecule has 0 fully saturated rings. The van der Waals surface area contributed by atoms with Crippen LogP contribution < -0.4 is 0 Å². The van der Waals surface area contributed by atoms with Crippen molar-refractivity contribution < 1.29 is 19.1 Å². The summed E-state index contributed by atoms with van der Waals surface area (Å²) in [4.78, 5) is 35.3. The maximum atomic E-state index is 12.1. The molecular formula is C15H16N2O4. The second kappa shape index (κ2) is 6.30. The maximum Gasteiger partial charge on any atom is 0.355 e. The van der Waals surface area contributed by atoms with Gasteiger partial charge in [0.25, 0.3) is 0 Å². The van der Waals surface area contributed by atoms with E-state index in [0.29, 0.717) is 5.56 Å². The number of ether oxygens (including phenoxy) is 1. The number of Topliss-reactive ketones (excluding diaryl/α,β-unsaturated/α-hetero) is 1. The Balaban J connectivity index is 2.01. The third-order valence-corrected chi connectivity index (χ3v) is 3.15. The van der Waals surface area contributed by atoms with Crippen LogP contribution in [0.1, 0.15) is 30.1 Å². The third-order valence-electron chi connectivity index (χ3n) is 3.15.